The first-order valence-corrected chi connectivity index (χ1v) is 6.57. The van der Waals surface area contributed by atoms with E-state index >= 15 is 0 Å². The van der Waals surface area contributed by atoms with E-state index in [1.165, 1.54) is 6.08 Å². The van der Waals surface area contributed by atoms with Gasteiger partial charge in [-0.1, -0.05) is 47.6 Å². The molecule has 104 valence electrons. The third-order valence-electron chi connectivity index (χ3n) is 3.14. The predicted octanol–water partition coefficient (Wildman–Crippen LogP) is 4.20. The second-order valence-corrected chi connectivity index (χ2v) is 6.95. The zero-order chi connectivity index (χ0) is 14.8. The molecule has 0 atom stereocenters. The highest BCUT2D eigenvalue weighted by atomic mass is 16.3. The molecule has 0 heterocycles. The summed E-state index contributed by atoms with van der Waals surface area (Å²) >= 11 is 0. The maximum atomic E-state index is 10.6. The first-order valence-electron chi connectivity index (χ1n) is 6.57. The van der Waals surface area contributed by atoms with Crippen LogP contribution < -0.4 is 0 Å². The maximum absolute atomic E-state index is 10.6. The monoisotopic (exact) mass is 260 g/mol. The summed E-state index contributed by atoms with van der Waals surface area (Å²) < 4.78 is 0. The normalized spacial score (nSPS) is 12.9. The van der Waals surface area contributed by atoms with Crippen LogP contribution in [0.2, 0.25) is 0 Å². The summed E-state index contributed by atoms with van der Waals surface area (Å²) in [6, 6.07) is 3.81. The van der Waals surface area contributed by atoms with Crippen LogP contribution in [-0.2, 0) is 15.6 Å². The van der Waals surface area contributed by atoms with E-state index in [-0.39, 0.29) is 10.8 Å². The third kappa shape index (κ3) is 3.69. The molecule has 0 aliphatic rings. The van der Waals surface area contributed by atoms with Crippen LogP contribution in [0.4, 0.5) is 0 Å². The third-order valence-corrected chi connectivity index (χ3v) is 3.14. The van der Waals surface area contributed by atoms with Crippen molar-refractivity contribution >= 4 is 12.4 Å². The van der Waals surface area contributed by atoms with Crippen molar-refractivity contribution in [2.75, 3.05) is 0 Å². The van der Waals surface area contributed by atoms with Gasteiger partial charge in [0.25, 0.3) is 0 Å². The van der Waals surface area contributed by atoms with Gasteiger partial charge in [-0.05, 0) is 45.7 Å². The fraction of sp³-hybridized carbons (Fsp3) is 0.471. The minimum atomic E-state index is -0.135. The van der Waals surface area contributed by atoms with Crippen LogP contribution in [0.1, 0.15) is 58.2 Å². The summed E-state index contributed by atoms with van der Waals surface area (Å²) in [5.74, 6) is 0.320. The van der Waals surface area contributed by atoms with Crippen LogP contribution in [-0.4, -0.2) is 11.4 Å². The lowest BCUT2D eigenvalue weighted by Gasteiger charge is -2.27. The van der Waals surface area contributed by atoms with E-state index in [2.05, 4.69) is 41.5 Å². The van der Waals surface area contributed by atoms with Crippen molar-refractivity contribution in [1.82, 2.24) is 0 Å². The lowest BCUT2D eigenvalue weighted by Crippen LogP contribution is -2.16. The lowest BCUT2D eigenvalue weighted by atomic mass is 9.78. The Hall–Kier alpha value is -1.57. The van der Waals surface area contributed by atoms with Crippen LogP contribution in [0.3, 0.4) is 0 Å². The van der Waals surface area contributed by atoms with Gasteiger partial charge in [-0.15, -0.1) is 0 Å². The van der Waals surface area contributed by atoms with Crippen molar-refractivity contribution in [3.05, 3.63) is 34.9 Å². The standard InChI is InChI=1S/C17H24O2/c1-16(2,3)13-11-15(19)14(17(4,5)6)10-12(13)8-7-9-18/h7-11,19H,1-6H3/b8-7+. The van der Waals surface area contributed by atoms with Gasteiger partial charge in [-0.2, -0.15) is 0 Å². The summed E-state index contributed by atoms with van der Waals surface area (Å²) in [5.41, 5.74) is 2.70. The smallest absolute Gasteiger partial charge is 0.142 e. The average Bonchev–Trinajstić information content (AvgIpc) is 2.24. The largest absolute Gasteiger partial charge is 0.508 e. The quantitative estimate of drug-likeness (QED) is 0.639. The van der Waals surface area contributed by atoms with Crippen molar-refractivity contribution in [2.45, 2.75) is 52.4 Å². The van der Waals surface area contributed by atoms with E-state index in [1.54, 1.807) is 0 Å². The summed E-state index contributed by atoms with van der Waals surface area (Å²) in [5, 5.41) is 10.2. The number of benzene rings is 1. The molecule has 0 aromatic heterocycles. The fourth-order valence-electron chi connectivity index (χ4n) is 2.14. The van der Waals surface area contributed by atoms with Gasteiger partial charge in [0.2, 0.25) is 0 Å². The molecule has 1 aromatic carbocycles. The maximum Gasteiger partial charge on any atom is 0.142 e. The Labute approximate surface area is 116 Å². The molecule has 0 radical (unpaired) electrons. The Kier molecular flexibility index (Phi) is 4.24. The lowest BCUT2D eigenvalue weighted by molar-refractivity contribution is -0.104. The van der Waals surface area contributed by atoms with Crippen LogP contribution >= 0.6 is 0 Å². The van der Waals surface area contributed by atoms with Crippen LogP contribution in [0, 0.1) is 0 Å². The molecule has 0 bridgehead atoms. The minimum absolute atomic E-state index is 0.0869. The molecule has 19 heavy (non-hydrogen) atoms. The SMILES string of the molecule is CC(C)(C)c1cc(/C=C/C=O)c(C(C)(C)C)cc1O. The van der Waals surface area contributed by atoms with Gasteiger partial charge in [0.05, 0.1) is 0 Å². The number of hydrogen-bond donors (Lipinski definition) is 1. The van der Waals surface area contributed by atoms with E-state index in [0.29, 0.717) is 5.75 Å². The van der Waals surface area contributed by atoms with Crippen LogP contribution in [0.15, 0.2) is 18.2 Å². The minimum Gasteiger partial charge on any atom is -0.508 e. The molecule has 0 aliphatic carbocycles. The van der Waals surface area contributed by atoms with Crippen molar-refractivity contribution in [2.24, 2.45) is 0 Å². The van der Waals surface area contributed by atoms with Crippen molar-refractivity contribution in [3.63, 3.8) is 0 Å². The Morgan fingerprint density at radius 2 is 1.47 bits per heavy atom. The molecule has 0 fully saturated rings. The number of aldehydes is 1. The first-order chi connectivity index (χ1) is 8.57. The summed E-state index contributed by atoms with van der Waals surface area (Å²) in [4.78, 5) is 10.6. The van der Waals surface area contributed by atoms with E-state index in [1.807, 2.05) is 18.2 Å². The van der Waals surface area contributed by atoms with Gasteiger partial charge < -0.3 is 5.11 Å². The van der Waals surface area contributed by atoms with E-state index in [4.69, 9.17) is 0 Å². The Bertz CT molecular complexity index is 497. The molecular formula is C17H24O2. The molecule has 1 aromatic rings. The highest BCUT2D eigenvalue weighted by Gasteiger charge is 2.24. The average molecular weight is 260 g/mol. The van der Waals surface area contributed by atoms with E-state index in [9.17, 15) is 9.90 Å². The van der Waals surface area contributed by atoms with Gasteiger partial charge in [-0.25, -0.2) is 0 Å². The molecule has 0 amide bonds. The Morgan fingerprint density at radius 1 is 0.947 bits per heavy atom. The van der Waals surface area contributed by atoms with Crippen molar-refractivity contribution in [1.29, 1.82) is 0 Å². The van der Waals surface area contributed by atoms with Gasteiger partial charge >= 0.3 is 0 Å². The van der Waals surface area contributed by atoms with Gasteiger partial charge in [0, 0.05) is 0 Å². The topological polar surface area (TPSA) is 37.3 Å². The predicted molar refractivity (Wildman–Crippen MR) is 80.6 cm³/mol. The molecular weight excluding hydrogens is 236 g/mol. The number of carbonyl (C=O) groups excluding carboxylic acids is 1. The first kappa shape index (κ1) is 15.5. The van der Waals surface area contributed by atoms with Gasteiger partial charge in [-0.3, -0.25) is 4.79 Å². The number of carbonyl (C=O) groups is 1. The Morgan fingerprint density at radius 3 is 1.89 bits per heavy atom. The van der Waals surface area contributed by atoms with E-state index < -0.39 is 0 Å². The second kappa shape index (κ2) is 5.20. The molecule has 0 aliphatic heterocycles. The molecule has 0 spiro atoms. The molecule has 1 N–H and O–H groups in total. The Balaban J connectivity index is 3.55. The molecule has 0 unspecified atom stereocenters. The molecule has 0 saturated carbocycles. The van der Waals surface area contributed by atoms with Crippen molar-refractivity contribution < 1.29 is 9.90 Å². The van der Waals surface area contributed by atoms with Crippen molar-refractivity contribution in [3.8, 4) is 5.75 Å². The number of aromatic hydroxyl groups is 1. The van der Waals surface area contributed by atoms with Gasteiger partial charge in [0.1, 0.15) is 12.0 Å². The number of phenolic OH excluding ortho intramolecular Hbond substituents is 1. The van der Waals surface area contributed by atoms with Crippen LogP contribution in [0.25, 0.3) is 6.08 Å². The highest BCUT2D eigenvalue weighted by Crippen LogP contribution is 2.37. The number of rotatable bonds is 2. The number of allylic oxidation sites excluding steroid dienone is 1. The number of hydrogen-bond acceptors (Lipinski definition) is 2. The molecule has 2 nitrogen and oxygen atoms in total. The molecule has 1 rings (SSSR count). The summed E-state index contributed by atoms with van der Waals surface area (Å²) in [7, 11) is 0. The number of phenols is 1. The zero-order valence-corrected chi connectivity index (χ0v) is 12.7. The summed E-state index contributed by atoms with van der Waals surface area (Å²) in [6.07, 6.45) is 4.08. The molecule has 0 saturated heterocycles. The van der Waals surface area contributed by atoms with Gasteiger partial charge in [0.15, 0.2) is 0 Å². The molecule has 2 heteroatoms. The zero-order valence-electron chi connectivity index (χ0n) is 12.7. The van der Waals surface area contributed by atoms with E-state index in [0.717, 1.165) is 23.0 Å². The second-order valence-electron chi connectivity index (χ2n) is 6.95. The highest BCUT2D eigenvalue weighted by molar-refractivity contribution is 5.75. The summed E-state index contributed by atoms with van der Waals surface area (Å²) in [6.45, 7) is 12.5. The fourth-order valence-corrected chi connectivity index (χ4v) is 2.14. The van der Waals surface area contributed by atoms with Crippen LogP contribution in [0.5, 0.6) is 5.75 Å².